The highest BCUT2D eigenvalue weighted by Crippen LogP contribution is 2.36. The number of nitrogens with one attached hydrogen (secondary N) is 1. The molecule has 0 aliphatic heterocycles. The number of hydrogen-bond acceptors (Lipinski definition) is 5. The van der Waals surface area contributed by atoms with Crippen molar-refractivity contribution in [2.24, 2.45) is 5.73 Å². The SMILES string of the molecule is NC(=O)c1cccc(Oc2ccc(NC(=O)C(Sc3ccccc3)c3ccccc3)cn2)c1. The van der Waals surface area contributed by atoms with Crippen LogP contribution in [0.15, 0.2) is 108 Å². The first-order valence-corrected chi connectivity index (χ1v) is 11.1. The van der Waals surface area contributed by atoms with E-state index < -0.39 is 11.2 Å². The number of anilines is 1. The summed E-state index contributed by atoms with van der Waals surface area (Å²) in [5, 5.41) is 2.51. The van der Waals surface area contributed by atoms with Crippen LogP contribution in [0.4, 0.5) is 5.69 Å². The largest absolute Gasteiger partial charge is 0.439 e. The fourth-order valence-corrected chi connectivity index (χ4v) is 4.14. The third-order valence-electron chi connectivity index (χ3n) is 4.68. The van der Waals surface area contributed by atoms with Gasteiger partial charge in [-0.3, -0.25) is 9.59 Å². The van der Waals surface area contributed by atoms with Crippen LogP contribution in [0.5, 0.6) is 11.6 Å². The smallest absolute Gasteiger partial charge is 0.248 e. The van der Waals surface area contributed by atoms with E-state index in [1.807, 2.05) is 60.7 Å². The number of rotatable bonds is 8. The first-order chi connectivity index (χ1) is 16.1. The van der Waals surface area contributed by atoms with Crippen molar-refractivity contribution in [3.8, 4) is 11.6 Å². The molecular weight excluding hydrogens is 434 g/mol. The standard InChI is InChI=1S/C26H21N3O3S/c27-25(30)19-10-7-11-21(16-19)32-23-15-14-20(17-28-23)29-26(31)24(18-8-3-1-4-9-18)33-22-12-5-2-6-13-22/h1-17,24H,(H2,27,30)(H,29,31). The number of thioether (sulfide) groups is 1. The van der Waals surface area contributed by atoms with Gasteiger partial charge < -0.3 is 15.8 Å². The summed E-state index contributed by atoms with van der Waals surface area (Å²) in [4.78, 5) is 29.8. The second-order valence-corrected chi connectivity index (χ2v) is 8.27. The molecular formula is C26H21N3O3S. The van der Waals surface area contributed by atoms with E-state index in [1.165, 1.54) is 18.0 Å². The molecule has 6 nitrogen and oxygen atoms in total. The van der Waals surface area contributed by atoms with Gasteiger partial charge in [-0.15, -0.1) is 11.8 Å². The summed E-state index contributed by atoms with van der Waals surface area (Å²) in [5.41, 5.74) is 7.11. The molecule has 0 radical (unpaired) electrons. The number of ether oxygens (including phenoxy) is 1. The molecule has 7 heteroatoms. The van der Waals surface area contributed by atoms with Crippen LogP contribution in [-0.4, -0.2) is 16.8 Å². The van der Waals surface area contributed by atoms with Crippen LogP contribution in [0.25, 0.3) is 0 Å². The number of pyridine rings is 1. The summed E-state index contributed by atoms with van der Waals surface area (Å²) in [6.07, 6.45) is 1.53. The zero-order valence-electron chi connectivity index (χ0n) is 17.5. The fourth-order valence-electron chi connectivity index (χ4n) is 3.09. The van der Waals surface area contributed by atoms with E-state index in [0.717, 1.165) is 10.5 Å². The predicted octanol–water partition coefficient (Wildman–Crippen LogP) is 5.44. The molecule has 4 rings (SSSR count). The van der Waals surface area contributed by atoms with Crippen molar-refractivity contribution in [2.75, 3.05) is 5.32 Å². The fraction of sp³-hybridized carbons (Fsp3) is 0.0385. The number of aromatic nitrogens is 1. The van der Waals surface area contributed by atoms with E-state index >= 15 is 0 Å². The van der Waals surface area contributed by atoms with Crippen LogP contribution in [0.3, 0.4) is 0 Å². The molecule has 0 bridgehead atoms. The number of nitrogens with zero attached hydrogens (tertiary/aromatic N) is 1. The Balaban J connectivity index is 1.47. The van der Waals surface area contributed by atoms with E-state index in [1.54, 1.807) is 36.4 Å². The van der Waals surface area contributed by atoms with Gasteiger partial charge in [0.1, 0.15) is 11.0 Å². The van der Waals surface area contributed by atoms with Gasteiger partial charge in [0.25, 0.3) is 0 Å². The van der Waals surface area contributed by atoms with Gasteiger partial charge in [0.15, 0.2) is 0 Å². The van der Waals surface area contributed by atoms with Crippen molar-refractivity contribution in [2.45, 2.75) is 10.1 Å². The molecule has 0 spiro atoms. The summed E-state index contributed by atoms with van der Waals surface area (Å²) in [7, 11) is 0. The molecule has 0 aliphatic carbocycles. The van der Waals surface area contributed by atoms with Gasteiger partial charge >= 0.3 is 0 Å². The quantitative estimate of drug-likeness (QED) is 0.345. The highest BCUT2D eigenvalue weighted by Gasteiger charge is 2.22. The molecule has 1 atom stereocenters. The van der Waals surface area contributed by atoms with Crippen molar-refractivity contribution >= 4 is 29.3 Å². The van der Waals surface area contributed by atoms with Gasteiger partial charge in [0.2, 0.25) is 17.7 Å². The molecule has 1 aromatic heterocycles. The summed E-state index contributed by atoms with van der Waals surface area (Å²) in [5.74, 6) is 0.0828. The lowest BCUT2D eigenvalue weighted by molar-refractivity contribution is -0.115. The Hall–Kier alpha value is -4.10. The zero-order valence-corrected chi connectivity index (χ0v) is 18.4. The Bertz CT molecular complexity index is 1230. The van der Waals surface area contributed by atoms with Crippen molar-refractivity contribution in [1.82, 2.24) is 4.98 Å². The second-order valence-electron chi connectivity index (χ2n) is 7.09. The topological polar surface area (TPSA) is 94.3 Å². The molecule has 0 saturated heterocycles. The number of hydrogen-bond donors (Lipinski definition) is 2. The Morgan fingerprint density at radius 1 is 0.879 bits per heavy atom. The summed E-state index contributed by atoms with van der Waals surface area (Å²) in [6.45, 7) is 0. The summed E-state index contributed by atoms with van der Waals surface area (Å²) < 4.78 is 5.69. The molecule has 0 aliphatic rings. The minimum Gasteiger partial charge on any atom is -0.439 e. The van der Waals surface area contributed by atoms with E-state index in [0.29, 0.717) is 22.9 Å². The predicted molar refractivity (Wildman–Crippen MR) is 129 cm³/mol. The maximum atomic E-state index is 13.2. The highest BCUT2D eigenvalue weighted by atomic mass is 32.2. The van der Waals surface area contributed by atoms with Gasteiger partial charge in [-0.05, 0) is 42.0 Å². The summed E-state index contributed by atoms with van der Waals surface area (Å²) >= 11 is 1.48. The maximum Gasteiger partial charge on any atom is 0.248 e. The molecule has 3 N–H and O–H groups in total. The first-order valence-electron chi connectivity index (χ1n) is 10.2. The lowest BCUT2D eigenvalue weighted by Gasteiger charge is -2.17. The van der Waals surface area contributed by atoms with Crippen molar-refractivity contribution in [3.63, 3.8) is 0 Å². The maximum absolute atomic E-state index is 13.2. The molecule has 0 fully saturated rings. The number of primary amides is 1. The lowest BCUT2D eigenvalue weighted by Crippen LogP contribution is -2.19. The Morgan fingerprint density at radius 3 is 2.27 bits per heavy atom. The minimum absolute atomic E-state index is 0.153. The van der Waals surface area contributed by atoms with E-state index in [9.17, 15) is 9.59 Å². The number of carbonyl (C=O) groups is 2. The van der Waals surface area contributed by atoms with Crippen molar-refractivity contribution in [1.29, 1.82) is 0 Å². The minimum atomic E-state index is -0.534. The van der Waals surface area contributed by atoms with Crippen LogP contribution in [0, 0.1) is 0 Å². The van der Waals surface area contributed by atoms with Crippen molar-refractivity contribution < 1.29 is 14.3 Å². The van der Waals surface area contributed by atoms with Gasteiger partial charge in [0.05, 0.1) is 11.9 Å². The monoisotopic (exact) mass is 455 g/mol. The average Bonchev–Trinajstić information content (AvgIpc) is 2.85. The second kappa shape index (κ2) is 10.5. The van der Waals surface area contributed by atoms with Gasteiger partial charge in [0, 0.05) is 16.5 Å². The van der Waals surface area contributed by atoms with Crippen LogP contribution in [0.2, 0.25) is 0 Å². The Labute approximate surface area is 195 Å². The molecule has 1 heterocycles. The molecule has 164 valence electrons. The zero-order chi connectivity index (χ0) is 23.0. The Morgan fingerprint density at radius 2 is 1.61 bits per heavy atom. The van der Waals surface area contributed by atoms with E-state index in [-0.39, 0.29) is 5.91 Å². The number of benzene rings is 3. The van der Waals surface area contributed by atoms with E-state index in [2.05, 4.69) is 10.3 Å². The van der Waals surface area contributed by atoms with Crippen LogP contribution in [0.1, 0.15) is 21.2 Å². The summed E-state index contributed by atoms with van der Waals surface area (Å²) in [6, 6.07) is 29.3. The van der Waals surface area contributed by atoms with Crippen LogP contribution < -0.4 is 15.8 Å². The van der Waals surface area contributed by atoms with Gasteiger partial charge in [-0.1, -0.05) is 54.6 Å². The Kier molecular flexibility index (Phi) is 7.02. The van der Waals surface area contributed by atoms with Crippen molar-refractivity contribution in [3.05, 3.63) is 114 Å². The van der Waals surface area contributed by atoms with Crippen LogP contribution >= 0.6 is 11.8 Å². The lowest BCUT2D eigenvalue weighted by atomic mass is 10.1. The average molecular weight is 456 g/mol. The molecule has 0 saturated carbocycles. The van der Waals surface area contributed by atoms with Gasteiger partial charge in [-0.25, -0.2) is 4.98 Å². The van der Waals surface area contributed by atoms with Gasteiger partial charge in [-0.2, -0.15) is 0 Å². The molecule has 33 heavy (non-hydrogen) atoms. The molecule has 4 aromatic rings. The third kappa shape index (κ3) is 5.99. The molecule has 3 aromatic carbocycles. The molecule has 1 unspecified atom stereocenters. The van der Waals surface area contributed by atoms with E-state index in [4.69, 9.17) is 10.5 Å². The number of amides is 2. The number of nitrogens with two attached hydrogens (primary N) is 1. The highest BCUT2D eigenvalue weighted by molar-refractivity contribution is 8.00. The third-order valence-corrected chi connectivity index (χ3v) is 5.95. The first kappa shape index (κ1) is 22.1. The normalized spacial score (nSPS) is 11.4. The van der Waals surface area contributed by atoms with Crippen LogP contribution in [-0.2, 0) is 4.79 Å². The number of carbonyl (C=O) groups excluding carboxylic acids is 2. The molecule has 2 amide bonds.